The molecule has 28 heavy (non-hydrogen) atoms. The van der Waals surface area contributed by atoms with Crippen LogP contribution < -0.4 is 0 Å². The highest BCUT2D eigenvalue weighted by atomic mass is 16.6. The number of esters is 1. The Morgan fingerprint density at radius 2 is 1.82 bits per heavy atom. The summed E-state index contributed by atoms with van der Waals surface area (Å²) in [7, 11) is 1.44. The normalized spacial score (nSPS) is 55.6. The number of aliphatic hydroxyl groups is 3. The second kappa shape index (κ2) is 5.80. The summed E-state index contributed by atoms with van der Waals surface area (Å²) in [5.74, 6) is -2.31. The zero-order valence-corrected chi connectivity index (χ0v) is 17.0. The van der Waals surface area contributed by atoms with Crippen molar-refractivity contribution in [1.29, 1.82) is 0 Å². The summed E-state index contributed by atoms with van der Waals surface area (Å²) in [5, 5.41) is 33.8. The molecular weight excluding hydrogens is 364 g/mol. The number of ether oxygens (including phenoxy) is 2. The highest BCUT2D eigenvalue weighted by Gasteiger charge is 2.77. The fraction of sp³-hybridized carbons (Fsp3) is 0.810. The molecule has 0 aromatic carbocycles. The molecule has 4 aliphatic rings. The van der Waals surface area contributed by atoms with Crippen LogP contribution >= 0.6 is 0 Å². The number of hydrogen-bond donors (Lipinski definition) is 3. The number of rotatable bonds is 1. The van der Waals surface area contributed by atoms with Crippen molar-refractivity contribution in [2.75, 3.05) is 7.11 Å². The van der Waals surface area contributed by atoms with Gasteiger partial charge in [0.25, 0.3) is 0 Å². The summed E-state index contributed by atoms with van der Waals surface area (Å²) in [6.07, 6.45) is -1.21. The quantitative estimate of drug-likeness (QED) is 0.564. The Kier molecular flexibility index (Phi) is 4.11. The highest BCUT2D eigenvalue weighted by Crippen LogP contribution is 2.69. The third kappa shape index (κ3) is 2.00. The molecule has 7 heteroatoms. The first kappa shape index (κ1) is 19.9. The summed E-state index contributed by atoms with van der Waals surface area (Å²) in [6, 6.07) is 0. The molecule has 0 amide bonds. The van der Waals surface area contributed by atoms with Crippen LogP contribution in [0.2, 0.25) is 0 Å². The van der Waals surface area contributed by atoms with Crippen LogP contribution in [0.1, 0.15) is 40.5 Å². The monoisotopic (exact) mass is 394 g/mol. The van der Waals surface area contributed by atoms with Crippen LogP contribution in [0.25, 0.3) is 0 Å². The maximum absolute atomic E-state index is 13.5. The van der Waals surface area contributed by atoms with Gasteiger partial charge in [-0.15, -0.1) is 0 Å². The molecule has 1 heterocycles. The predicted molar refractivity (Wildman–Crippen MR) is 97.7 cm³/mol. The molecule has 0 aromatic rings. The Bertz CT molecular complexity index is 762. The zero-order valence-electron chi connectivity index (χ0n) is 17.0. The number of carbonyl (C=O) groups is 2. The molecule has 1 aliphatic heterocycles. The number of methoxy groups -OCH3 is 1. The van der Waals surface area contributed by atoms with E-state index in [4.69, 9.17) is 9.47 Å². The Hall–Kier alpha value is -1.44. The number of aliphatic hydroxyl groups excluding tert-OH is 2. The van der Waals surface area contributed by atoms with Gasteiger partial charge in [-0.25, -0.2) is 0 Å². The van der Waals surface area contributed by atoms with E-state index in [2.05, 4.69) is 0 Å². The summed E-state index contributed by atoms with van der Waals surface area (Å²) >= 11 is 0. The molecular formula is C21H30O7. The molecule has 3 N–H and O–H groups in total. The van der Waals surface area contributed by atoms with Gasteiger partial charge in [-0.05, 0) is 24.3 Å². The third-order valence-corrected chi connectivity index (χ3v) is 8.76. The summed E-state index contributed by atoms with van der Waals surface area (Å²) in [6.45, 7) is 7.22. The van der Waals surface area contributed by atoms with E-state index in [0.29, 0.717) is 6.42 Å². The lowest BCUT2D eigenvalue weighted by Gasteiger charge is -2.70. The lowest BCUT2D eigenvalue weighted by Crippen LogP contribution is -2.79. The van der Waals surface area contributed by atoms with Crippen molar-refractivity contribution in [3.05, 3.63) is 11.8 Å². The minimum atomic E-state index is -1.58. The molecule has 0 spiro atoms. The van der Waals surface area contributed by atoms with Crippen LogP contribution in [0.4, 0.5) is 0 Å². The fourth-order valence-corrected chi connectivity index (χ4v) is 7.17. The molecule has 7 nitrogen and oxygen atoms in total. The number of Topliss-reactive ketones (excluding diaryl/α,β-unsaturated/α-hetero) is 1. The molecule has 3 fully saturated rings. The molecule has 3 aliphatic carbocycles. The van der Waals surface area contributed by atoms with Crippen molar-refractivity contribution in [3.63, 3.8) is 0 Å². The van der Waals surface area contributed by atoms with E-state index in [1.807, 2.05) is 6.92 Å². The minimum Gasteiger partial charge on any atom is -0.493 e. The average molecular weight is 394 g/mol. The van der Waals surface area contributed by atoms with Crippen LogP contribution in [0.5, 0.6) is 0 Å². The molecule has 0 aromatic heterocycles. The highest BCUT2D eigenvalue weighted by molar-refractivity contribution is 5.99. The van der Waals surface area contributed by atoms with E-state index < -0.39 is 52.5 Å². The number of allylic oxidation sites excluding steroid dienone is 2. The van der Waals surface area contributed by atoms with Gasteiger partial charge in [0.05, 0.1) is 31.3 Å². The van der Waals surface area contributed by atoms with Crippen LogP contribution in [0.15, 0.2) is 11.8 Å². The van der Waals surface area contributed by atoms with Crippen LogP contribution in [-0.2, 0) is 19.1 Å². The molecule has 4 rings (SSSR count). The van der Waals surface area contributed by atoms with Crippen molar-refractivity contribution >= 4 is 11.8 Å². The van der Waals surface area contributed by atoms with Crippen molar-refractivity contribution in [1.82, 2.24) is 0 Å². The summed E-state index contributed by atoms with van der Waals surface area (Å²) in [4.78, 5) is 25.9. The summed E-state index contributed by atoms with van der Waals surface area (Å²) < 4.78 is 11.0. The van der Waals surface area contributed by atoms with Gasteiger partial charge in [-0.1, -0.05) is 27.7 Å². The van der Waals surface area contributed by atoms with Crippen molar-refractivity contribution < 1.29 is 34.4 Å². The molecule has 0 bridgehead atoms. The second-order valence-electron chi connectivity index (χ2n) is 9.66. The Labute approximate surface area is 164 Å². The van der Waals surface area contributed by atoms with Gasteiger partial charge < -0.3 is 24.8 Å². The van der Waals surface area contributed by atoms with Gasteiger partial charge in [0, 0.05) is 22.7 Å². The SMILES string of the molecule is COC1=CC(C)C2C[C@H]3OC(=O)C[C@@]4(O)[C@@H](C)[C@H](O)C(O)C([C@@]2(C)C1=O)[C@@]34C. The van der Waals surface area contributed by atoms with E-state index in [1.165, 1.54) is 7.11 Å². The smallest absolute Gasteiger partial charge is 0.309 e. The van der Waals surface area contributed by atoms with Crippen molar-refractivity contribution in [2.45, 2.75) is 64.4 Å². The maximum atomic E-state index is 13.5. The fourth-order valence-electron chi connectivity index (χ4n) is 7.17. The first-order valence-electron chi connectivity index (χ1n) is 10.0. The van der Waals surface area contributed by atoms with Gasteiger partial charge >= 0.3 is 5.97 Å². The number of ketones is 1. The van der Waals surface area contributed by atoms with E-state index in [1.54, 1.807) is 26.8 Å². The topological polar surface area (TPSA) is 113 Å². The van der Waals surface area contributed by atoms with E-state index >= 15 is 0 Å². The first-order chi connectivity index (χ1) is 12.9. The Balaban J connectivity index is 1.97. The average Bonchev–Trinajstić information content (AvgIpc) is 2.63. The van der Waals surface area contributed by atoms with Gasteiger partial charge in [-0.2, -0.15) is 0 Å². The van der Waals surface area contributed by atoms with Gasteiger partial charge in [0.1, 0.15) is 6.10 Å². The standard InChI is InChI=1S/C21H30O7/c1-9-6-12(27-5)18(25)19(3)11(9)7-13-20(4)17(19)16(24)15(23)10(2)21(20,26)8-14(22)28-13/h6,9-11,13,15-17,23-24,26H,7-8H2,1-5H3/t9?,10-,11?,13+,15-,16?,17?,19-,20+,21+/m0/s1. The van der Waals surface area contributed by atoms with Crippen molar-refractivity contribution in [2.24, 2.45) is 34.5 Å². The number of fused-ring (bicyclic) bond motifs is 2. The Morgan fingerprint density at radius 1 is 1.18 bits per heavy atom. The lowest BCUT2D eigenvalue weighted by molar-refractivity contribution is -0.329. The van der Waals surface area contributed by atoms with E-state index in [0.717, 1.165) is 0 Å². The predicted octanol–water partition coefficient (Wildman–Crippen LogP) is 0.802. The molecule has 10 atom stereocenters. The summed E-state index contributed by atoms with van der Waals surface area (Å²) in [5.41, 5.74) is -3.72. The van der Waals surface area contributed by atoms with Crippen molar-refractivity contribution in [3.8, 4) is 0 Å². The minimum absolute atomic E-state index is 0.0559. The van der Waals surface area contributed by atoms with Gasteiger partial charge in [0.15, 0.2) is 5.76 Å². The van der Waals surface area contributed by atoms with E-state index in [-0.39, 0.29) is 29.8 Å². The first-order valence-corrected chi connectivity index (χ1v) is 10.0. The third-order valence-electron chi connectivity index (χ3n) is 8.76. The zero-order chi connectivity index (χ0) is 20.8. The number of carbonyl (C=O) groups excluding carboxylic acids is 2. The molecule has 156 valence electrons. The lowest BCUT2D eigenvalue weighted by atomic mass is 9.37. The molecule has 0 radical (unpaired) electrons. The molecule has 1 saturated heterocycles. The van der Waals surface area contributed by atoms with Crippen LogP contribution in [0.3, 0.4) is 0 Å². The van der Waals surface area contributed by atoms with Gasteiger partial charge in [0.2, 0.25) is 5.78 Å². The number of hydrogen-bond acceptors (Lipinski definition) is 7. The second-order valence-corrected chi connectivity index (χ2v) is 9.66. The van der Waals surface area contributed by atoms with E-state index in [9.17, 15) is 24.9 Å². The maximum Gasteiger partial charge on any atom is 0.309 e. The van der Waals surface area contributed by atoms with Crippen LogP contribution in [-0.4, -0.2) is 58.1 Å². The van der Waals surface area contributed by atoms with Crippen LogP contribution in [0, 0.1) is 34.5 Å². The largest absolute Gasteiger partial charge is 0.493 e. The molecule has 4 unspecified atom stereocenters. The molecule has 2 saturated carbocycles. The Morgan fingerprint density at radius 3 is 2.43 bits per heavy atom. The van der Waals surface area contributed by atoms with Gasteiger partial charge in [-0.3, -0.25) is 9.59 Å².